The normalized spacial score (nSPS) is 10.7. The van der Waals surface area contributed by atoms with Crippen LogP contribution in [0.3, 0.4) is 0 Å². The molecule has 0 aliphatic carbocycles. The van der Waals surface area contributed by atoms with Crippen molar-refractivity contribution in [3.8, 4) is 11.6 Å². The van der Waals surface area contributed by atoms with Crippen LogP contribution >= 0.6 is 0 Å². The average molecular weight is 262 g/mol. The number of nitrogen functional groups attached to an aromatic ring is 1. The van der Waals surface area contributed by atoms with Gasteiger partial charge in [0.1, 0.15) is 5.69 Å². The van der Waals surface area contributed by atoms with E-state index in [-0.39, 0.29) is 23.2 Å². The topological polar surface area (TPSA) is 103 Å². The predicted molar refractivity (Wildman–Crippen MR) is 68.3 cm³/mol. The van der Waals surface area contributed by atoms with Crippen LogP contribution in [0.2, 0.25) is 0 Å². The van der Waals surface area contributed by atoms with Crippen LogP contribution in [0.4, 0.5) is 5.69 Å². The van der Waals surface area contributed by atoms with E-state index < -0.39 is 5.97 Å². The summed E-state index contributed by atoms with van der Waals surface area (Å²) in [5.41, 5.74) is 5.66. The summed E-state index contributed by atoms with van der Waals surface area (Å²) in [4.78, 5) is 14.9. The Kier molecular flexibility index (Phi) is 3.37. The van der Waals surface area contributed by atoms with E-state index in [1.54, 1.807) is 10.9 Å². The Morgan fingerprint density at radius 1 is 1.53 bits per heavy atom. The highest BCUT2D eigenvalue weighted by Crippen LogP contribution is 2.27. The Labute approximate surface area is 109 Å². The minimum atomic E-state index is -1.12. The number of pyridine rings is 1. The number of nitrogens with zero attached hydrogens (tertiary/aromatic N) is 3. The SMILES string of the molecule is CC(C)n1cc(Oc2nccc(C(=O)O)c2N)cn1. The second-order valence-electron chi connectivity index (χ2n) is 4.23. The van der Waals surface area contributed by atoms with Crippen molar-refractivity contribution in [2.45, 2.75) is 19.9 Å². The molecule has 19 heavy (non-hydrogen) atoms. The van der Waals surface area contributed by atoms with E-state index in [2.05, 4.69) is 10.1 Å². The van der Waals surface area contributed by atoms with Gasteiger partial charge in [-0.15, -0.1) is 0 Å². The summed E-state index contributed by atoms with van der Waals surface area (Å²) in [5, 5.41) is 13.1. The van der Waals surface area contributed by atoms with E-state index in [9.17, 15) is 4.79 Å². The van der Waals surface area contributed by atoms with Gasteiger partial charge in [0.15, 0.2) is 5.75 Å². The lowest BCUT2D eigenvalue weighted by Gasteiger charge is -2.07. The Bertz CT molecular complexity index is 607. The molecule has 0 radical (unpaired) electrons. The molecule has 0 bridgehead atoms. The molecule has 2 rings (SSSR count). The Morgan fingerprint density at radius 3 is 2.84 bits per heavy atom. The Morgan fingerprint density at radius 2 is 2.26 bits per heavy atom. The molecular formula is C12H14N4O3. The van der Waals surface area contributed by atoms with Crippen LogP contribution in [0, 0.1) is 0 Å². The number of hydrogen-bond donors (Lipinski definition) is 2. The van der Waals surface area contributed by atoms with Crippen molar-refractivity contribution in [1.82, 2.24) is 14.8 Å². The summed E-state index contributed by atoms with van der Waals surface area (Å²) in [6, 6.07) is 1.52. The van der Waals surface area contributed by atoms with E-state index in [1.165, 1.54) is 18.5 Å². The molecule has 2 aromatic heterocycles. The standard InChI is InChI=1S/C12H14N4O3/c1-7(2)16-6-8(5-15-16)19-11-10(13)9(12(17)18)3-4-14-11/h3-7H,13H2,1-2H3,(H,17,18). The molecule has 0 atom stereocenters. The first kappa shape index (κ1) is 12.9. The van der Waals surface area contributed by atoms with Crippen LogP contribution in [-0.2, 0) is 0 Å². The van der Waals surface area contributed by atoms with Gasteiger partial charge in [-0.3, -0.25) is 4.68 Å². The van der Waals surface area contributed by atoms with Gasteiger partial charge in [0.25, 0.3) is 0 Å². The van der Waals surface area contributed by atoms with Gasteiger partial charge in [0.2, 0.25) is 5.88 Å². The fraction of sp³-hybridized carbons (Fsp3) is 0.250. The number of carbonyl (C=O) groups is 1. The van der Waals surface area contributed by atoms with E-state index in [1.807, 2.05) is 13.8 Å². The predicted octanol–water partition coefficient (Wildman–Crippen LogP) is 1.93. The molecule has 0 spiro atoms. The molecule has 0 aliphatic rings. The van der Waals surface area contributed by atoms with E-state index in [0.717, 1.165) is 0 Å². The van der Waals surface area contributed by atoms with Gasteiger partial charge < -0.3 is 15.6 Å². The number of ether oxygens (including phenoxy) is 1. The molecule has 7 heteroatoms. The van der Waals surface area contributed by atoms with Gasteiger partial charge in [-0.1, -0.05) is 0 Å². The summed E-state index contributed by atoms with van der Waals surface area (Å²) in [5.74, 6) is -0.610. The largest absolute Gasteiger partial charge is 0.478 e. The third kappa shape index (κ3) is 2.65. The number of rotatable bonds is 4. The number of carboxylic acid groups (broad SMARTS) is 1. The molecule has 100 valence electrons. The van der Waals surface area contributed by atoms with Crippen LogP contribution in [0.5, 0.6) is 11.6 Å². The van der Waals surface area contributed by atoms with E-state index >= 15 is 0 Å². The lowest BCUT2D eigenvalue weighted by Crippen LogP contribution is -2.05. The number of aromatic carboxylic acids is 1. The minimum absolute atomic E-state index is 0.00713. The van der Waals surface area contributed by atoms with Crippen molar-refractivity contribution in [3.05, 3.63) is 30.2 Å². The summed E-state index contributed by atoms with van der Waals surface area (Å²) in [7, 11) is 0. The fourth-order valence-corrected chi connectivity index (χ4v) is 1.49. The first-order valence-electron chi connectivity index (χ1n) is 5.69. The minimum Gasteiger partial charge on any atom is -0.478 e. The molecule has 0 fully saturated rings. The van der Waals surface area contributed by atoms with Gasteiger partial charge >= 0.3 is 5.97 Å². The third-order valence-corrected chi connectivity index (χ3v) is 2.51. The van der Waals surface area contributed by atoms with Crippen LogP contribution in [0.1, 0.15) is 30.2 Å². The van der Waals surface area contributed by atoms with Crippen molar-refractivity contribution < 1.29 is 14.6 Å². The molecule has 0 amide bonds. The maximum absolute atomic E-state index is 10.9. The Hall–Kier alpha value is -2.57. The van der Waals surface area contributed by atoms with Crippen molar-refractivity contribution >= 4 is 11.7 Å². The summed E-state index contributed by atoms with van der Waals surface area (Å²) in [6.45, 7) is 3.96. The zero-order chi connectivity index (χ0) is 14.0. The summed E-state index contributed by atoms with van der Waals surface area (Å²) < 4.78 is 7.16. The van der Waals surface area contributed by atoms with Crippen molar-refractivity contribution in [2.24, 2.45) is 0 Å². The number of nitrogens with two attached hydrogens (primary N) is 1. The van der Waals surface area contributed by atoms with Gasteiger partial charge in [-0.05, 0) is 19.9 Å². The summed E-state index contributed by atoms with van der Waals surface area (Å²) in [6.07, 6.45) is 4.55. The molecule has 2 aromatic rings. The Balaban J connectivity index is 2.28. The zero-order valence-electron chi connectivity index (χ0n) is 10.6. The number of hydrogen-bond acceptors (Lipinski definition) is 5. The average Bonchev–Trinajstić information content (AvgIpc) is 2.80. The van der Waals surface area contributed by atoms with Crippen LogP contribution in [0.25, 0.3) is 0 Å². The lowest BCUT2D eigenvalue weighted by atomic mass is 10.2. The third-order valence-electron chi connectivity index (χ3n) is 2.51. The lowest BCUT2D eigenvalue weighted by molar-refractivity contribution is 0.0697. The molecule has 0 aliphatic heterocycles. The number of aromatic nitrogens is 3. The maximum atomic E-state index is 10.9. The quantitative estimate of drug-likeness (QED) is 0.872. The second-order valence-corrected chi connectivity index (χ2v) is 4.23. The van der Waals surface area contributed by atoms with E-state index in [0.29, 0.717) is 5.75 Å². The summed E-state index contributed by atoms with van der Waals surface area (Å²) >= 11 is 0. The molecule has 7 nitrogen and oxygen atoms in total. The van der Waals surface area contributed by atoms with Gasteiger partial charge in [-0.2, -0.15) is 5.10 Å². The second kappa shape index (κ2) is 4.97. The highest BCUT2D eigenvalue weighted by Gasteiger charge is 2.14. The highest BCUT2D eigenvalue weighted by atomic mass is 16.5. The fourth-order valence-electron chi connectivity index (χ4n) is 1.49. The smallest absolute Gasteiger partial charge is 0.338 e. The van der Waals surface area contributed by atoms with Gasteiger partial charge in [-0.25, -0.2) is 9.78 Å². The number of anilines is 1. The van der Waals surface area contributed by atoms with Crippen LogP contribution < -0.4 is 10.5 Å². The monoisotopic (exact) mass is 262 g/mol. The molecule has 3 N–H and O–H groups in total. The van der Waals surface area contributed by atoms with Crippen LogP contribution in [0.15, 0.2) is 24.7 Å². The molecule has 0 aromatic carbocycles. The maximum Gasteiger partial charge on any atom is 0.338 e. The van der Waals surface area contributed by atoms with Crippen molar-refractivity contribution in [2.75, 3.05) is 5.73 Å². The first-order chi connectivity index (χ1) is 8.99. The van der Waals surface area contributed by atoms with Crippen LogP contribution in [-0.4, -0.2) is 25.8 Å². The van der Waals surface area contributed by atoms with Gasteiger partial charge in [0, 0.05) is 12.2 Å². The molecule has 0 saturated heterocycles. The molecule has 0 unspecified atom stereocenters. The van der Waals surface area contributed by atoms with Crippen molar-refractivity contribution in [3.63, 3.8) is 0 Å². The molecular weight excluding hydrogens is 248 g/mol. The molecule has 2 heterocycles. The van der Waals surface area contributed by atoms with Gasteiger partial charge in [0.05, 0.1) is 18.0 Å². The van der Waals surface area contributed by atoms with E-state index in [4.69, 9.17) is 15.6 Å². The number of carboxylic acids is 1. The van der Waals surface area contributed by atoms with Crippen molar-refractivity contribution in [1.29, 1.82) is 0 Å². The highest BCUT2D eigenvalue weighted by molar-refractivity contribution is 5.94. The molecule has 0 saturated carbocycles. The first-order valence-corrected chi connectivity index (χ1v) is 5.69. The zero-order valence-corrected chi connectivity index (χ0v) is 10.6.